The van der Waals surface area contributed by atoms with Crippen LogP contribution in [-0.4, -0.2) is 75.4 Å². The number of benzene rings is 1. The number of carboxylic acid groups (broad SMARTS) is 2. The molecule has 3 N–H and O–H groups in total. The van der Waals surface area contributed by atoms with Crippen LogP contribution in [0.3, 0.4) is 0 Å². The minimum atomic E-state index is -4.15. The van der Waals surface area contributed by atoms with Crippen molar-refractivity contribution in [1.29, 1.82) is 0 Å². The molecule has 0 heterocycles. The number of hydrogen-bond donors (Lipinski definition) is 3. The average molecular weight is 326 g/mol. The van der Waals surface area contributed by atoms with Crippen LogP contribution in [0.15, 0.2) is 12.1 Å². The molecule has 0 aliphatic heterocycles. The van der Waals surface area contributed by atoms with Gasteiger partial charge in [-0.15, -0.1) is 0 Å². The van der Waals surface area contributed by atoms with Crippen LogP contribution < -0.4 is 7.55 Å². The van der Waals surface area contributed by atoms with Gasteiger partial charge in [-0.2, -0.15) is 0 Å². The second-order valence-electron chi connectivity index (χ2n) is 4.29. The summed E-state index contributed by atoms with van der Waals surface area (Å²) in [5.74, 6) is -3.54. The Hall–Kier alpha value is -1.13. The van der Waals surface area contributed by atoms with E-state index in [4.69, 9.17) is 19.5 Å². The van der Waals surface area contributed by atoms with Gasteiger partial charge < -0.3 is 0 Å². The molecule has 21 heavy (non-hydrogen) atoms. The number of carboxylic acids is 2. The molecule has 10 heteroatoms. The van der Waals surface area contributed by atoms with Gasteiger partial charge in [-0.1, -0.05) is 0 Å². The molecule has 0 saturated carbocycles. The fourth-order valence-electron chi connectivity index (χ4n) is 1.66. The third-order valence-corrected chi connectivity index (χ3v) is 3.87. The van der Waals surface area contributed by atoms with E-state index in [1.54, 1.807) is 0 Å². The molecular formula is C11H11NaO8S. The molecule has 0 amide bonds. The molecule has 0 spiro atoms. The van der Waals surface area contributed by atoms with Crippen molar-refractivity contribution >= 4 is 52.8 Å². The molecule has 0 atom stereocenters. The van der Waals surface area contributed by atoms with E-state index in [0.29, 0.717) is 30.7 Å². The van der Waals surface area contributed by atoms with Crippen LogP contribution in [0.1, 0.15) is 27.1 Å². The summed E-state index contributed by atoms with van der Waals surface area (Å²) in [4.78, 5) is 22.3. The number of ether oxygens (including phenoxy) is 1. The molecular weight excluding hydrogens is 315 g/mol. The van der Waals surface area contributed by atoms with Gasteiger partial charge >= 0.3 is 138 Å². The third kappa shape index (κ3) is 5.64. The number of hydrogen-bond acceptors (Lipinski definition) is 5. The first-order valence-electron chi connectivity index (χ1n) is 5.81. The van der Waals surface area contributed by atoms with Crippen molar-refractivity contribution in [3.05, 3.63) is 23.3 Å². The molecule has 110 valence electrons. The predicted molar refractivity (Wildman–Crippen MR) is 72.3 cm³/mol. The van der Waals surface area contributed by atoms with E-state index >= 15 is 0 Å². The van der Waals surface area contributed by atoms with Crippen molar-refractivity contribution in [3.8, 4) is 5.75 Å². The summed E-state index contributed by atoms with van der Waals surface area (Å²) in [6.07, 6.45) is -0.0976. The van der Waals surface area contributed by atoms with Gasteiger partial charge in [0.25, 0.3) is 0 Å². The van der Waals surface area contributed by atoms with Crippen molar-refractivity contribution in [2.75, 3.05) is 12.4 Å². The molecule has 1 aromatic carbocycles. The van der Waals surface area contributed by atoms with Crippen LogP contribution in [-0.2, 0) is 10.1 Å². The van der Waals surface area contributed by atoms with Gasteiger partial charge in [0.1, 0.15) is 0 Å². The van der Waals surface area contributed by atoms with Crippen LogP contribution in [0.2, 0.25) is 0 Å². The van der Waals surface area contributed by atoms with Gasteiger partial charge in [0.15, 0.2) is 0 Å². The van der Waals surface area contributed by atoms with Gasteiger partial charge in [0.2, 0.25) is 0 Å². The number of carbonyl (C=O) groups is 2. The van der Waals surface area contributed by atoms with E-state index < -0.39 is 27.8 Å². The molecule has 0 aromatic heterocycles. The van der Waals surface area contributed by atoms with E-state index in [1.807, 2.05) is 0 Å². The SMILES string of the molecule is O=C(O)c1c[c]([Na])cc(C(=O)O)c1OCCCS(=O)(=O)O. The van der Waals surface area contributed by atoms with Crippen molar-refractivity contribution in [3.63, 3.8) is 0 Å². The molecule has 1 rings (SSSR count). The van der Waals surface area contributed by atoms with E-state index in [1.165, 1.54) is 12.1 Å². The Kier molecular flexibility index (Phi) is 6.17. The van der Waals surface area contributed by atoms with Crippen LogP contribution in [0.25, 0.3) is 0 Å². The zero-order valence-electron chi connectivity index (χ0n) is 11.1. The molecule has 0 unspecified atom stereocenters. The van der Waals surface area contributed by atoms with Gasteiger partial charge in [-0.3, -0.25) is 0 Å². The fraction of sp³-hybridized carbons (Fsp3) is 0.273. The predicted octanol–water partition coefficient (Wildman–Crippen LogP) is -0.466. The maximum absolute atomic E-state index is 11.1. The Morgan fingerprint density at radius 1 is 1.14 bits per heavy atom. The third-order valence-electron chi connectivity index (χ3n) is 2.49. The van der Waals surface area contributed by atoms with Crippen molar-refractivity contribution in [1.82, 2.24) is 0 Å². The number of aromatic carboxylic acids is 2. The van der Waals surface area contributed by atoms with E-state index in [2.05, 4.69) is 0 Å². The summed E-state index contributed by atoms with van der Waals surface area (Å²) in [5, 5.41) is 18.2. The Bertz CT molecular complexity index is 632. The first-order valence-corrected chi connectivity index (χ1v) is 8.42. The quantitative estimate of drug-likeness (QED) is 0.347. The molecule has 0 saturated heterocycles. The van der Waals surface area contributed by atoms with Crippen molar-refractivity contribution < 1.29 is 37.5 Å². The summed E-state index contributed by atoms with van der Waals surface area (Å²) in [6, 6.07) is 2.64. The summed E-state index contributed by atoms with van der Waals surface area (Å²) < 4.78 is 35.4. The normalized spacial score (nSPS) is 11.2. The molecule has 8 nitrogen and oxygen atoms in total. The fourth-order valence-corrected chi connectivity index (χ4v) is 2.72. The molecule has 0 aliphatic carbocycles. The summed E-state index contributed by atoms with van der Waals surface area (Å²) in [5.41, 5.74) is -0.571. The Morgan fingerprint density at radius 2 is 1.62 bits per heavy atom. The van der Waals surface area contributed by atoms with Crippen molar-refractivity contribution in [2.24, 2.45) is 0 Å². The maximum atomic E-state index is 11.1. The summed E-state index contributed by atoms with van der Waals surface area (Å²) in [7, 11) is -4.15. The molecule has 0 bridgehead atoms. The van der Waals surface area contributed by atoms with E-state index in [9.17, 15) is 18.0 Å². The standard InChI is InChI=1S/C11H11O8S.Na/c12-10(13)7-3-1-4-8(11(14)15)9(7)19-5-2-6-20(16,17)18;/h3-4H,2,5-6H2,(H,12,13)(H,14,15)(H,16,17,18);. The Morgan fingerprint density at radius 3 is 2.00 bits per heavy atom. The first kappa shape index (κ1) is 17.9. The van der Waals surface area contributed by atoms with Gasteiger partial charge in [0.05, 0.1) is 0 Å². The zero-order valence-corrected chi connectivity index (χ0v) is 13.9. The Labute approximate surface area is 137 Å². The number of rotatable bonds is 7. The topological polar surface area (TPSA) is 138 Å². The second-order valence-corrected chi connectivity index (χ2v) is 7.01. The molecule has 0 radical (unpaired) electrons. The van der Waals surface area contributed by atoms with Crippen LogP contribution in [0, 0.1) is 0 Å². The van der Waals surface area contributed by atoms with Crippen LogP contribution >= 0.6 is 0 Å². The first-order chi connectivity index (χ1) is 9.61. The van der Waals surface area contributed by atoms with E-state index in [0.717, 1.165) is 0 Å². The molecule has 1 aromatic rings. The zero-order chi connectivity index (χ0) is 16.2. The molecule has 0 aliphatic rings. The van der Waals surface area contributed by atoms with E-state index in [-0.39, 0.29) is 29.9 Å². The van der Waals surface area contributed by atoms with Gasteiger partial charge in [-0.05, 0) is 0 Å². The van der Waals surface area contributed by atoms with Gasteiger partial charge in [0, 0.05) is 0 Å². The molecule has 0 fully saturated rings. The minimum absolute atomic E-state index is 0.0976. The Balaban J connectivity index is 3.03. The summed E-state index contributed by atoms with van der Waals surface area (Å²) in [6.45, 7) is -0.235. The van der Waals surface area contributed by atoms with Crippen LogP contribution in [0.5, 0.6) is 5.75 Å². The second kappa shape index (κ2) is 7.23. The average Bonchev–Trinajstić information content (AvgIpc) is 2.33. The van der Waals surface area contributed by atoms with Gasteiger partial charge in [-0.25, -0.2) is 0 Å². The monoisotopic (exact) mass is 326 g/mol. The van der Waals surface area contributed by atoms with Crippen molar-refractivity contribution in [2.45, 2.75) is 6.42 Å². The summed E-state index contributed by atoms with van der Waals surface area (Å²) >= 11 is 0.465. The van der Waals surface area contributed by atoms with Crippen LogP contribution in [0.4, 0.5) is 0 Å².